The van der Waals surface area contributed by atoms with Gasteiger partial charge in [-0.05, 0) is 32.1 Å². The van der Waals surface area contributed by atoms with E-state index >= 15 is 0 Å². The standard InChI is InChI=1S/C52H99NO8/c1-3-5-7-9-11-13-15-17-19-21-22-23-24-26-28-30-32-34-36-38-40-42-48(56)53-45(44-60-52-51(59)50(58)49(57)47(43-54)61-52)46(55)41-39-37-35-33-31-29-27-25-20-18-16-14-12-10-8-6-4-2/h31,33,39,41,45-47,49-52,54-55,57-59H,3-30,32,34-38,40,42-44H2,1-2H3,(H,53,56)/b33-31+,41-39+/t45-,46+,47-,49-,50?,51?,52-/m0/s1. The smallest absolute Gasteiger partial charge is 0.220 e. The van der Waals surface area contributed by atoms with Crippen LogP contribution in [0.15, 0.2) is 24.3 Å². The fourth-order valence-electron chi connectivity index (χ4n) is 8.35. The highest BCUT2D eigenvalue weighted by atomic mass is 16.7. The number of amides is 1. The quantitative estimate of drug-likeness (QED) is 0.0262. The fraction of sp³-hybridized carbons (Fsp3) is 0.904. The van der Waals surface area contributed by atoms with Gasteiger partial charge in [-0.1, -0.05) is 231 Å². The fourth-order valence-corrected chi connectivity index (χ4v) is 8.35. The Hall–Kier alpha value is -1.33. The topological polar surface area (TPSA) is 149 Å². The summed E-state index contributed by atoms with van der Waals surface area (Å²) in [6, 6.07) is -0.817. The van der Waals surface area contributed by atoms with Crippen LogP contribution in [0.2, 0.25) is 0 Å². The van der Waals surface area contributed by atoms with Gasteiger partial charge in [0.15, 0.2) is 6.29 Å². The van der Waals surface area contributed by atoms with Crippen LogP contribution in [0.4, 0.5) is 0 Å². The molecule has 0 aromatic heterocycles. The molecule has 1 aliphatic heterocycles. The minimum Gasteiger partial charge on any atom is -0.394 e. The van der Waals surface area contributed by atoms with Crippen LogP contribution in [0.25, 0.3) is 0 Å². The maximum absolute atomic E-state index is 13.0. The van der Waals surface area contributed by atoms with Crippen LogP contribution in [-0.2, 0) is 14.3 Å². The van der Waals surface area contributed by atoms with E-state index in [0.717, 1.165) is 38.5 Å². The molecule has 0 saturated carbocycles. The predicted octanol–water partition coefficient (Wildman–Crippen LogP) is 11.8. The molecule has 1 fully saturated rings. The van der Waals surface area contributed by atoms with E-state index in [-0.39, 0.29) is 12.5 Å². The van der Waals surface area contributed by atoms with Gasteiger partial charge in [-0.15, -0.1) is 0 Å². The number of ether oxygens (including phenoxy) is 2. The summed E-state index contributed by atoms with van der Waals surface area (Å²) in [5.41, 5.74) is 0. The molecule has 1 heterocycles. The molecule has 1 rings (SSSR count). The summed E-state index contributed by atoms with van der Waals surface area (Å²) in [6.07, 6.45) is 45.2. The highest BCUT2D eigenvalue weighted by Gasteiger charge is 2.44. The van der Waals surface area contributed by atoms with E-state index in [4.69, 9.17) is 9.47 Å². The van der Waals surface area contributed by atoms with E-state index in [9.17, 15) is 30.3 Å². The first-order chi connectivity index (χ1) is 29.8. The summed E-state index contributed by atoms with van der Waals surface area (Å²) in [6.45, 7) is 3.78. The lowest BCUT2D eigenvalue weighted by Gasteiger charge is -2.40. The van der Waals surface area contributed by atoms with Crippen molar-refractivity contribution < 1.29 is 39.8 Å². The normalized spacial score (nSPS) is 20.5. The van der Waals surface area contributed by atoms with Gasteiger partial charge >= 0.3 is 0 Å². The molecule has 360 valence electrons. The Morgan fingerprint density at radius 1 is 0.541 bits per heavy atom. The van der Waals surface area contributed by atoms with Crippen molar-refractivity contribution in [1.29, 1.82) is 0 Å². The summed E-state index contributed by atoms with van der Waals surface area (Å²) in [7, 11) is 0. The number of allylic oxidation sites excluding steroid dienone is 3. The van der Waals surface area contributed by atoms with E-state index < -0.39 is 49.5 Å². The highest BCUT2D eigenvalue weighted by molar-refractivity contribution is 5.76. The summed E-state index contributed by atoms with van der Waals surface area (Å²) in [5.74, 6) is -0.182. The largest absolute Gasteiger partial charge is 0.394 e. The second-order valence-electron chi connectivity index (χ2n) is 18.3. The number of aliphatic hydroxyl groups is 5. The van der Waals surface area contributed by atoms with Crippen LogP contribution in [-0.4, -0.2) is 87.5 Å². The number of unbranched alkanes of at least 4 members (excludes halogenated alkanes) is 32. The molecule has 6 N–H and O–H groups in total. The van der Waals surface area contributed by atoms with Gasteiger partial charge in [-0.3, -0.25) is 4.79 Å². The van der Waals surface area contributed by atoms with E-state index in [2.05, 4.69) is 31.3 Å². The predicted molar refractivity (Wildman–Crippen MR) is 253 cm³/mol. The van der Waals surface area contributed by atoms with Crippen LogP contribution in [0.3, 0.4) is 0 Å². The molecule has 1 amide bonds. The lowest BCUT2D eigenvalue weighted by Crippen LogP contribution is -2.60. The molecule has 0 bridgehead atoms. The number of aliphatic hydroxyl groups excluding tert-OH is 5. The van der Waals surface area contributed by atoms with Crippen molar-refractivity contribution in [3.05, 3.63) is 24.3 Å². The third-order valence-corrected chi connectivity index (χ3v) is 12.5. The Morgan fingerprint density at radius 2 is 0.934 bits per heavy atom. The lowest BCUT2D eigenvalue weighted by molar-refractivity contribution is -0.302. The molecular formula is C52H99NO8. The van der Waals surface area contributed by atoms with Gasteiger partial charge in [-0.2, -0.15) is 0 Å². The van der Waals surface area contributed by atoms with Crippen LogP contribution in [0.5, 0.6) is 0 Å². The molecule has 0 aliphatic carbocycles. The summed E-state index contributed by atoms with van der Waals surface area (Å²) in [5, 5.41) is 54.3. The zero-order valence-electron chi connectivity index (χ0n) is 39.7. The van der Waals surface area contributed by atoms with Gasteiger partial charge in [0.1, 0.15) is 24.4 Å². The molecule has 0 aromatic carbocycles. The number of rotatable bonds is 44. The SMILES string of the molecule is CCCCCCCCCCCCC/C=C/CC/C=C/[C@@H](O)[C@H](CO[C@H]1O[C@@H](CO)[C@H](O)C(O)C1O)NC(=O)CCCCCCCCCCCCCCCCCCCCCCC. The van der Waals surface area contributed by atoms with Crippen molar-refractivity contribution >= 4 is 5.91 Å². The van der Waals surface area contributed by atoms with Crippen molar-refractivity contribution in [2.45, 2.75) is 288 Å². The monoisotopic (exact) mass is 866 g/mol. The van der Waals surface area contributed by atoms with Crippen LogP contribution in [0.1, 0.15) is 245 Å². The molecule has 0 radical (unpaired) electrons. The van der Waals surface area contributed by atoms with E-state index in [0.29, 0.717) is 6.42 Å². The van der Waals surface area contributed by atoms with Crippen molar-refractivity contribution in [3.8, 4) is 0 Å². The summed E-state index contributed by atoms with van der Waals surface area (Å²) < 4.78 is 11.2. The van der Waals surface area contributed by atoms with Gasteiger partial charge in [0.05, 0.1) is 25.4 Å². The molecule has 2 unspecified atom stereocenters. The summed E-state index contributed by atoms with van der Waals surface area (Å²) >= 11 is 0. The lowest BCUT2D eigenvalue weighted by atomic mass is 9.99. The van der Waals surface area contributed by atoms with Crippen molar-refractivity contribution in [2.75, 3.05) is 13.2 Å². The first-order valence-electron chi connectivity index (χ1n) is 26.1. The molecule has 1 saturated heterocycles. The van der Waals surface area contributed by atoms with Gasteiger partial charge in [0.25, 0.3) is 0 Å². The molecule has 0 aromatic rings. The Balaban J connectivity index is 2.29. The van der Waals surface area contributed by atoms with Gasteiger partial charge in [-0.25, -0.2) is 0 Å². The van der Waals surface area contributed by atoms with Crippen molar-refractivity contribution in [2.24, 2.45) is 0 Å². The Bertz CT molecular complexity index is 1010. The third kappa shape index (κ3) is 32.9. The zero-order valence-corrected chi connectivity index (χ0v) is 39.7. The molecular weight excluding hydrogens is 767 g/mol. The van der Waals surface area contributed by atoms with Gasteiger partial charge in [0, 0.05) is 6.42 Å². The molecule has 9 heteroatoms. The molecule has 61 heavy (non-hydrogen) atoms. The summed E-state index contributed by atoms with van der Waals surface area (Å²) in [4.78, 5) is 13.0. The average Bonchev–Trinajstić information content (AvgIpc) is 3.26. The minimum atomic E-state index is -1.57. The minimum absolute atomic E-state index is 0.182. The number of carbonyl (C=O) groups excluding carboxylic acids is 1. The number of hydrogen-bond acceptors (Lipinski definition) is 8. The molecule has 9 nitrogen and oxygen atoms in total. The molecule has 1 aliphatic rings. The van der Waals surface area contributed by atoms with E-state index in [1.165, 1.54) is 186 Å². The second-order valence-corrected chi connectivity index (χ2v) is 18.3. The maximum Gasteiger partial charge on any atom is 0.220 e. The first kappa shape index (κ1) is 57.7. The Labute approximate surface area is 375 Å². The Kier molecular flexibility index (Phi) is 40.3. The van der Waals surface area contributed by atoms with E-state index in [1.807, 2.05) is 6.08 Å². The van der Waals surface area contributed by atoms with Gasteiger partial charge < -0.3 is 40.3 Å². The van der Waals surface area contributed by atoms with Crippen LogP contribution >= 0.6 is 0 Å². The van der Waals surface area contributed by atoms with Crippen LogP contribution in [0, 0.1) is 0 Å². The van der Waals surface area contributed by atoms with E-state index in [1.54, 1.807) is 6.08 Å². The number of carbonyl (C=O) groups is 1. The molecule has 0 spiro atoms. The maximum atomic E-state index is 13.0. The Morgan fingerprint density at radius 3 is 1.38 bits per heavy atom. The number of hydrogen-bond donors (Lipinski definition) is 6. The average molecular weight is 866 g/mol. The van der Waals surface area contributed by atoms with Crippen LogP contribution < -0.4 is 5.32 Å². The van der Waals surface area contributed by atoms with Gasteiger partial charge in [0.2, 0.25) is 5.91 Å². The van der Waals surface area contributed by atoms with Crippen molar-refractivity contribution in [1.82, 2.24) is 5.32 Å². The second kappa shape index (κ2) is 42.6. The number of nitrogens with one attached hydrogen (secondary N) is 1. The zero-order chi connectivity index (χ0) is 44.4. The molecule has 7 atom stereocenters. The first-order valence-corrected chi connectivity index (χ1v) is 26.1. The van der Waals surface area contributed by atoms with Crippen molar-refractivity contribution in [3.63, 3.8) is 0 Å². The highest BCUT2D eigenvalue weighted by Crippen LogP contribution is 2.23. The third-order valence-electron chi connectivity index (χ3n) is 12.5.